The molecule has 0 saturated heterocycles. The highest BCUT2D eigenvalue weighted by atomic mass is 19.1. The molecule has 1 nitrogen and oxygen atoms in total. The molecule has 2 aromatic carbocycles. The molecule has 0 aliphatic carbocycles. The monoisotopic (exact) mass is 261 g/mol. The summed E-state index contributed by atoms with van der Waals surface area (Å²) in [6.45, 7) is 2.11. The van der Waals surface area contributed by atoms with E-state index in [-0.39, 0.29) is 0 Å². The third-order valence-corrected chi connectivity index (χ3v) is 3.18. The molecule has 0 saturated carbocycles. The van der Waals surface area contributed by atoms with E-state index in [1.165, 1.54) is 17.7 Å². The van der Waals surface area contributed by atoms with Gasteiger partial charge in [0.25, 0.3) is 0 Å². The molecule has 3 heteroatoms. The molecule has 19 heavy (non-hydrogen) atoms. The molecule has 2 rings (SSSR count). The molecule has 0 bridgehead atoms. The first kappa shape index (κ1) is 13.7. The zero-order chi connectivity index (χ0) is 13.8. The molecule has 1 atom stereocenters. The van der Waals surface area contributed by atoms with Crippen LogP contribution in [0.1, 0.15) is 12.5 Å². The van der Waals surface area contributed by atoms with Crippen molar-refractivity contribution in [2.75, 3.05) is 7.05 Å². The quantitative estimate of drug-likeness (QED) is 0.883. The van der Waals surface area contributed by atoms with Crippen molar-refractivity contribution in [3.05, 3.63) is 59.7 Å². The predicted molar refractivity (Wildman–Crippen MR) is 74.0 cm³/mol. The number of hydrogen-bond donors (Lipinski definition) is 1. The van der Waals surface area contributed by atoms with Crippen molar-refractivity contribution in [2.45, 2.75) is 19.4 Å². The summed E-state index contributed by atoms with van der Waals surface area (Å²) in [5.41, 5.74) is 2.58. The van der Waals surface area contributed by atoms with Crippen LogP contribution in [0.5, 0.6) is 0 Å². The number of likely N-dealkylation sites (N-methyl/N-ethyl adjacent to an activating group) is 1. The fourth-order valence-electron chi connectivity index (χ4n) is 2.01. The second-order valence-corrected chi connectivity index (χ2v) is 4.75. The van der Waals surface area contributed by atoms with Gasteiger partial charge in [-0.3, -0.25) is 0 Å². The standard InChI is InChI=1S/C16H17F2N/c1-11(19-2)7-12-3-5-13(6-4-12)14-8-15(17)10-16(18)9-14/h3-6,8-11,19H,7H2,1-2H3. The van der Waals surface area contributed by atoms with Crippen LogP contribution in [0.4, 0.5) is 8.78 Å². The van der Waals surface area contributed by atoms with Gasteiger partial charge < -0.3 is 5.32 Å². The summed E-state index contributed by atoms with van der Waals surface area (Å²) < 4.78 is 26.3. The Hall–Kier alpha value is -1.74. The lowest BCUT2D eigenvalue weighted by molar-refractivity contribution is 0.584. The molecule has 1 unspecified atom stereocenters. The number of halogens is 2. The minimum absolute atomic E-state index is 0.400. The molecular weight excluding hydrogens is 244 g/mol. The zero-order valence-electron chi connectivity index (χ0n) is 11.1. The van der Waals surface area contributed by atoms with E-state index in [1.807, 2.05) is 31.3 Å². The van der Waals surface area contributed by atoms with Crippen LogP contribution in [0.25, 0.3) is 11.1 Å². The second-order valence-electron chi connectivity index (χ2n) is 4.75. The van der Waals surface area contributed by atoms with Gasteiger partial charge >= 0.3 is 0 Å². The van der Waals surface area contributed by atoms with Gasteiger partial charge in [-0.1, -0.05) is 24.3 Å². The van der Waals surface area contributed by atoms with Gasteiger partial charge in [0.05, 0.1) is 0 Å². The Bertz CT molecular complexity index is 529. The minimum atomic E-state index is -0.553. The molecule has 0 aromatic heterocycles. The molecule has 2 aromatic rings. The van der Waals surface area contributed by atoms with Gasteiger partial charge in [0.2, 0.25) is 0 Å². The lowest BCUT2D eigenvalue weighted by Crippen LogP contribution is -2.23. The molecule has 100 valence electrons. The number of nitrogens with one attached hydrogen (secondary N) is 1. The third kappa shape index (κ3) is 3.61. The Morgan fingerprint density at radius 2 is 1.53 bits per heavy atom. The van der Waals surface area contributed by atoms with Crippen LogP contribution in [0, 0.1) is 11.6 Å². The zero-order valence-corrected chi connectivity index (χ0v) is 11.1. The highest BCUT2D eigenvalue weighted by Crippen LogP contribution is 2.22. The Morgan fingerprint density at radius 3 is 2.05 bits per heavy atom. The Morgan fingerprint density at radius 1 is 0.947 bits per heavy atom. The normalized spacial score (nSPS) is 12.4. The van der Waals surface area contributed by atoms with Crippen LogP contribution in [-0.2, 0) is 6.42 Å². The average Bonchev–Trinajstić information content (AvgIpc) is 2.38. The highest BCUT2D eigenvalue weighted by molar-refractivity contribution is 5.63. The van der Waals surface area contributed by atoms with E-state index in [2.05, 4.69) is 12.2 Å². The van der Waals surface area contributed by atoms with Crippen molar-refractivity contribution in [3.8, 4) is 11.1 Å². The van der Waals surface area contributed by atoms with Crippen molar-refractivity contribution >= 4 is 0 Å². The lowest BCUT2D eigenvalue weighted by Gasteiger charge is -2.10. The van der Waals surface area contributed by atoms with Gasteiger partial charge in [0.1, 0.15) is 11.6 Å². The van der Waals surface area contributed by atoms with Crippen molar-refractivity contribution in [1.82, 2.24) is 5.32 Å². The molecule has 0 radical (unpaired) electrons. The summed E-state index contributed by atoms with van der Waals surface area (Å²) in [6.07, 6.45) is 0.925. The van der Waals surface area contributed by atoms with Crippen molar-refractivity contribution in [1.29, 1.82) is 0 Å². The first-order valence-corrected chi connectivity index (χ1v) is 6.31. The first-order valence-electron chi connectivity index (χ1n) is 6.31. The van der Waals surface area contributed by atoms with Crippen molar-refractivity contribution in [3.63, 3.8) is 0 Å². The summed E-state index contributed by atoms with van der Waals surface area (Å²) in [4.78, 5) is 0. The van der Waals surface area contributed by atoms with Crippen LogP contribution in [0.2, 0.25) is 0 Å². The van der Waals surface area contributed by atoms with Crippen LogP contribution in [0.3, 0.4) is 0 Å². The molecular formula is C16H17F2N. The van der Waals surface area contributed by atoms with E-state index in [0.29, 0.717) is 11.6 Å². The van der Waals surface area contributed by atoms with Crippen molar-refractivity contribution in [2.24, 2.45) is 0 Å². The molecule has 0 heterocycles. The Labute approximate surface area is 112 Å². The van der Waals surface area contributed by atoms with Crippen LogP contribution >= 0.6 is 0 Å². The third-order valence-electron chi connectivity index (χ3n) is 3.18. The second kappa shape index (κ2) is 5.93. The highest BCUT2D eigenvalue weighted by Gasteiger charge is 2.04. The van der Waals surface area contributed by atoms with E-state index < -0.39 is 11.6 Å². The maximum atomic E-state index is 13.2. The van der Waals surface area contributed by atoms with Crippen molar-refractivity contribution < 1.29 is 8.78 Å². The average molecular weight is 261 g/mol. The van der Waals surface area contributed by atoms with Gasteiger partial charge in [-0.25, -0.2) is 8.78 Å². The fraction of sp³-hybridized carbons (Fsp3) is 0.250. The Balaban J connectivity index is 2.22. The molecule has 1 N–H and O–H groups in total. The lowest BCUT2D eigenvalue weighted by atomic mass is 10.0. The van der Waals surface area contributed by atoms with Crippen LogP contribution in [-0.4, -0.2) is 13.1 Å². The van der Waals surface area contributed by atoms with Gasteiger partial charge in [0.15, 0.2) is 0 Å². The van der Waals surface area contributed by atoms with E-state index in [9.17, 15) is 8.78 Å². The summed E-state index contributed by atoms with van der Waals surface area (Å²) in [7, 11) is 1.93. The minimum Gasteiger partial charge on any atom is -0.317 e. The topological polar surface area (TPSA) is 12.0 Å². The summed E-state index contributed by atoms with van der Waals surface area (Å²) in [5.74, 6) is -1.11. The largest absolute Gasteiger partial charge is 0.317 e. The van der Waals surface area contributed by atoms with E-state index >= 15 is 0 Å². The first-order chi connectivity index (χ1) is 9.08. The summed E-state index contributed by atoms with van der Waals surface area (Å²) in [5, 5.41) is 3.18. The maximum absolute atomic E-state index is 13.2. The van der Waals surface area contributed by atoms with E-state index in [1.54, 1.807) is 0 Å². The molecule has 0 aliphatic heterocycles. The van der Waals surface area contributed by atoms with Gasteiger partial charge in [-0.05, 0) is 49.2 Å². The number of hydrogen-bond acceptors (Lipinski definition) is 1. The maximum Gasteiger partial charge on any atom is 0.126 e. The molecule has 0 fully saturated rings. The Kier molecular flexibility index (Phi) is 4.27. The van der Waals surface area contributed by atoms with Gasteiger partial charge in [-0.2, -0.15) is 0 Å². The summed E-state index contributed by atoms with van der Waals surface area (Å²) in [6, 6.07) is 11.7. The van der Waals surface area contributed by atoms with Crippen LogP contribution in [0.15, 0.2) is 42.5 Å². The summed E-state index contributed by atoms with van der Waals surface area (Å²) >= 11 is 0. The molecule has 0 aliphatic rings. The predicted octanol–water partition coefficient (Wildman–Crippen LogP) is 3.78. The van der Waals surface area contributed by atoms with Gasteiger partial charge in [0, 0.05) is 12.1 Å². The molecule has 0 spiro atoms. The van der Waals surface area contributed by atoms with Crippen LogP contribution < -0.4 is 5.32 Å². The smallest absolute Gasteiger partial charge is 0.126 e. The SMILES string of the molecule is CNC(C)Cc1ccc(-c2cc(F)cc(F)c2)cc1. The number of rotatable bonds is 4. The molecule has 0 amide bonds. The van der Waals surface area contributed by atoms with Gasteiger partial charge in [-0.15, -0.1) is 0 Å². The van der Waals surface area contributed by atoms with E-state index in [0.717, 1.165) is 18.1 Å². The fourth-order valence-corrected chi connectivity index (χ4v) is 2.01. The number of benzene rings is 2. The van der Waals surface area contributed by atoms with E-state index in [4.69, 9.17) is 0 Å².